The van der Waals surface area contributed by atoms with Gasteiger partial charge in [-0.05, 0) is 68.5 Å². The maximum absolute atomic E-state index is 13.4. The van der Waals surface area contributed by atoms with Crippen LogP contribution in [0.1, 0.15) is 55.6 Å². The van der Waals surface area contributed by atoms with Crippen molar-refractivity contribution in [2.75, 3.05) is 0 Å². The third kappa shape index (κ3) is 5.64. The van der Waals surface area contributed by atoms with Crippen molar-refractivity contribution in [3.8, 4) is 11.1 Å². The lowest BCUT2D eigenvalue weighted by Gasteiger charge is -2.27. The number of benzene rings is 1. The van der Waals surface area contributed by atoms with Gasteiger partial charge in [-0.3, -0.25) is 9.78 Å². The number of amides is 1. The highest BCUT2D eigenvalue weighted by atomic mass is 32.2. The van der Waals surface area contributed by atoms with Crippen LogP contribution < -0.4 is 5.32 Å². The Labute approximate surface area is 222 Å². The first-order valence-corrected chi connectivity index (χ1v) is 13.8. The van der Waals surface area contributed by atoms with Gasteiger partial charge in [-0.1, -0.05) is 0 Å². The van der Waals surface area contributed by atoms with Crippen LogP contribution in [0.2, 0.25) is 0 Å². The van der Waals surface area contributed by atoms with E-state index in [4.69, 9.17) is 0 Å². The van der Waals surface area contributed by atoms with Crippen LogP contribution in [0.4, 0.5) is 17.6 Å². The minimum absolute atomic E-state index is 0.0579. The Kier molecular flexibility index (Phi) is 7.14. The van der Waals surface area contributed by atoms with E-state index in [1.165, 1.54) is 16.4 Å². The summed E-state index contributed by atoms with van der Waals surface area (Å²) in [5, 5.41) is 2.83. The molecule has 2 fully saturated rings. The Morgan fingerprint density at radius 3 is 2.26 bits per heavy atom. The Morgan fingerprint density at radius 1 is 1.00 bits per heavy atom. The summed E-state index contributed by atoms with van der Waals surface area (Å²) in [5.74, 6) is -2.07. The van der Waals surface area contributed by atoms with Gasteiger partial charge < -0.3 is 5.32 Å². The summed E-state index contributed by atoms with van der Waals surface area (Å²) in [5.41, 5.74) is 2.30. The molecule has 2 aliphatic rings. The van der Waals surface area contributed by atoms with Crippen molar-refractivity contribution in [2.24, 2.45) is 0 Å². The summed E-state index contributed by atoms with van der Waals surface area (Å²) in [6.45, 7) is 1.78. The number of nitrogens with zero attached hydrogens (tertiary/aromatic N) is 4. The Morgan fingerprint density at radius 2 is 1.64 bits per heavy atom. The molecule has 2 atom stereocenters. The van der Waals surface area contributed by atoms with Crippen molar-refractivity contribution in [3.63, 3.8) is 0 Å². The zero-order valence-corrected chi connectivity index (χ0v) is 21.6. The molecule has 3 aromatic rings. The molecule has 1 aliphatic heterocycles. The van der Waals surface area contributed by atoms with Gasteiger partial charge in [0.1, 0.15) is 11.9 Å². The molecule has 1 N–H and O–H groups in total. The van der Waals surface area contributed by atoms with Crippen molar-refractivity contribution in [1.82, 2.24) is 24.6 Å². The van der Waals surface area contributed by atoms with Crippen molar-refractivity contribution in [1.29, 1.82) is 0 Å². The molecule has 1 saturated carbocycles. The summed E-state index contributed by atoms with van der Waals surface area (Å²) < 4.78 is 79.7. The van der Waals surface area contributed by atoms with Crippen LogP contribution in [-0.2, 0) is 27.5 Å². The standard InChI is InChI=1S/C26H25F4N5O3S/c1-15-2-9-22(35(15)39(37,38)21-7-5-20(27)6-8-21)24(36)32-12-18-10-17(11-31-23(18)16-3-4-16)19-13-33-25(34-14-19)26(28,29)30/h5-8,10-11,13-16,22H,2-4,9,12H2,1H3,(H,32,36)/t15-,22-/m0/s1. The summed E-state index contributed by atoms with van der Waals surface area (Å²) in [6, 6.07) is 4.83. The molecule has 39 heavy (non-hydrogen) atoms. The van der Waals surface area contributed by atoms with Gasteiger partial charge in [0.25, 0.3) is 0 Å². The number of pyridine rings is 1. The minimum atomic E-state index is -4.65. The zero-order valence-electron chi connectivity index (χ0n) is 20.8. The van der Waals surface area contributed by atoms with Crippen LogP contribution >= 0.6 is 0 Å². The second kappa shape index (κ2) is 10.3. The second-order valence-electron chi connectivity index (χ2n) is 9.78. The molecule has 0 unspecified atom stereocenters. The van der Waals surface area contributed by atoms with Crippen molar-refractivity contribution in [2.45, 2.75) is 68.2 Å². The van der Waals surface area contributed by atoms with Crippen molar-refractivity contribution < 1.29 is 30.8 Å². The molecule has 0 bridgehead atoms. The fraction of sp³-hybridized carbons (Fsp3) is 0.385. The molecule has 1 aromatic carbocycles. The minimum Gasteiger partial charge on any atom is -0.351 e. The van der Waals surface area contributed by atoms with Gasteiger partial charge in [-0.2, -0.15) is 17.5 Å². The highest BCUT2D eigenvalue weighted by Gasteiger charge is 2.43. The largest absolute Gasteiger partial charge is 0.451 e. The number of nitrogens with one attached hydrogen (secondary N) is 1. The van der Waals surface area contributed by atoms with Crippen molar-refractivity contribution in [3.05, 3.63) is 71.8 Å². The molecule has 206 valence electrons. The van der Waals surface area contributed by atoms with Crippen LogP contribution in [0, 0.1) is 5.82 Å². The highest BCUT2D eigenvalue weighted by Crippen LogP contribution is 2.41. The SMILES string of the molecule is C[C@H]1CC[C@@H](C(=O)NCc2cc(-c3cnc(C(F)(F)F)nc3)cnc2C2CC2)N1S(=O)(=O)c1ccc(F)cc1. The van der Waals surface area contributed by atoms with Crippen LogP contribution in [0.25, 0.3) is 11.1 Å². The van der Waals surface area contributed by atoms with E-state index in [1.54, 1.807) is 19.2 Å². The molecule has 8 nitrogen and oxygen atoms in total. The summed E-state index contributed by atoms with van der Waals surface area (Å²) >= 11 is 0. The van der Waals surface area contributed by atoms with Crippen molar-refractivity contribution >= 4 is 15.9 Å². The van der Waals surface area contributed by atoms with Gasteiger partial charge in [0.15, 0.2) is 0 Å². The molecular formula is C26H25F4N5O3S. The number of aromatic nitrogens is 3. The number of carbonyl (C=O) groups excluding carboxylic acids is 1. The van der Waals surface area contributed by atoms with Gasteiger partial charge in [0.2, 0.25) is 21.8 Å². The number of rotatable bonds is 7. The van der Waals surface area contributed by atoms with Gasteiger partial charge in [-0.15, -0.1) is 0 Å². The fourth-order valence-corrected chi connectivity index (χ4v) is 6.65. The molecule has 1 amide bonds. The van der Waals surface area contributed by atoms with E-state index in [-0.39, 0.29) is 17.4 Å². The van der Waals surface area contributed by atoms with E-state index in [2.05, 4.69) is 20.3 Å². The average molecular weight is 564 g/mol. The van der Waals surface area contributed by atoms with Crippen LogP contribution in [0.15, 0.2) is 53.8 Å². The molecular weight excluding hydrogens is 538 g/mol. The third-order valence-corrected chi connectivity index (χ3v) is 8.99. The van der Waals surface area contributed by atoms with Gasteiger partial charge in [-0.25, -0.2) is 22.8 Å². The molecule has 0 radical (unpaired) electrons. The number of hydrogen-bond acceptors (Lipinski definition) is 6. The van der Waals surface area contributed by atoms with E-state index in [9.17, 15) is 30.8 Å². The molecule has 1 aliphatic carbocycles. The molecule has 0 spiro atoms. The van der Waals surface area contributed by atoms with E-state index in [0.717, 1.165) is 43.1 Å². The van der Waals surface area contributed by atoms with Crippen LogP contribution in [0.3, 0.4) is 0 Å². The van der Waals surface area contributed by atoms with E-state index in [1.807, 2.05) is 0 Å². The van der Waals surface area contributed by atoms with Gasteiger partial charge in [0.05, 0.1) is 4.90 Å². The Hall–Kier alpha value is -3.45. The number of carbonyl (C=O) groups is 1. The quantitative estimate of drug-likeness (QED) is 0.427. The smallest absolute Gasteiger partial charge is 0.351 e. The molecule has 5 rings (SSSR count). The number of halogens is 4. The Balaban J connectivity index is 1.36. The first-order chi connectivity index (χ1) is 18.4. The number of sulfonamides is 1. The van der Waals surface area contributed by atoms with Gasteiger partial charge >= 0.3 is 6.18 Å². The lowest BCUT2D eigenvalue weighted by atomic mass is 10.0. The summed E-state index contributed by atoms with van der Waals surface area (Å²) in [4.78, 5) is 24.5. The average Bonchev–Trinajstić information content (AvgIpc) is 3.67. The monoisotopic (exact) mass is 563 g/mol. The lowest BCUT2D eigenvalue weighted by molar-refractivity contribution is -0.145. The molecule has 1 saturated heterocycles. The topological polar surface area (TPSA) is 105 Å². The van der Waals surface area contributed by atoms with E-state index in [0.29, 0.717) is 29.5 Å². The predicted molar refractivity (Wildman–Crippen MR) is 132 cm³/mol. The maximum Gasteiger partial charge on any atom is 0.451 e. The first kappa shape index (κ1) is 27.1. The van der Waals surface area contributed by atoms with Gasteiger partial charge in [0, 0.05) is 53.9 Å². The molecule has 2 aromatic heterocycles. The summed E-state index contributed by atoms with van der Waals surface area (Å²) in [7, 11) is -4.05. The van der Waals surface area contributed by atoms with E-state index < -0.39 is 45.8 Å². The van der Waals surface area contributed by atoms with E-state index >= 15 is 0 Å². The maximum atomic E-state index is 13.4. The second-order valence-corrected chi connectivity index (χ2v) is 11.6. The number of alkyl halides is 3. The Bertz CT molecular complexity index is 1480. The van der Waals surface area contributed by atoms with Crippen LogP contribution in [0.5, 0.6) is 0 Å². The lowest BCUT2D eigenvalue weighted by Crippen LogP contribution is -2.48. The highest BCUT2D eigenvalue weighted by molar-refractivity contribution is 7.89. The molecule has 13 heteroatoms. The third-order valence-electron chi connectivity index (χ3n) is 6.95. The zero-order chi connectivity index (χ0) is 27.9. The predicted octanol–water partition coefficient (Wildman–Crippen LogP) is 4.43. The number of hydrogen-bond donors (Lipinski definition) is 1. The fourth-order valence-electron chi connectivity index (χ4n) is 4.81. The van der Waals surface area contributed by atoms with Crippen LogP contribution in [-0.4, -0.2) is 45.7 Å². The molecule has 3 heterocycles. The normalized spacial score (nSPS) is 20.2. The first-order valence-electron chi connectivity index (χ1n) is 12.4. The summed E-state index contributed by atoms with van der Waals surface area (Å²) in [6.07, 6.45) is 1.70.